The van der Waals surface area contributed by atoms with Crippen LogP contribution in [0.1, 0.15) is 78.5 Å². The third-order valence-corrected chi connectivity index (χ3v) is 7.07. The lowest BCUT2D eigenvalue weighted by atomic mass is 9.99. The van der Waals surface area contributed by atoms with Crippen LogP contribution in [0.15, 0.2) is 54.6 Å². The van der Waals surface area contributed by atoms with E-state index in [2.05, 4.69) is 10.6 Å². The first-order valence-electron chi connectivity index (χ1n) is 15.2. The highest BCUT2D eigenvalue weighted by atomic mass is 32.2. The predicted octanol–water partition coefficient (Wildman–Crippen LogP) is 5.39. The Morgan fingerprint density at radius 2 is 1.47 bits per heavy atom. The molecular formula is C34H49N3O7S. The van der Waals surface area contributed by atoms with Gasteiger partial charge in [0.05, 0.1) is 0 Å². The van der Waals surface area contributed by atoms with Gasteiger partial charge in [-0.15, -0.1) is 0 Å². The number of hydrogen-bond acceptors (Lipinski definition) is 8. The highest BCUT2D eigenvalue weighted by molar-refractivity contribution is 7.98. The van der Waals surface area contributed by atoms with Gasteiger partial charge in [-0.1, -0.05) is 55.5 Å². The Morgan fingerprint density at radius 3 is 2.02 bits per heavy atom. The standard InChI is InChI=1S/C34H49N3O7S/c1-9-20-37(30(40)25(19-21-45-8)36-32(42)44-34(5,6)7)28(24-17-13-14-18-27(24)38)29(39)35-26(31(41)43-33(2,3)4)22-23-15-11-10-12-16-23/h10-18,25-26,28,38H,9,19-22H2,1-8H3,(H,35,39)(H,36,42). The van der Waals surface area contributed by atoms with E-state index < -0.39 is 53.2 Å². The Hall–Kier alpha value is -3.73. The first-order chi connectivity index (χ1) is 21.1. The summed E-state index contributed by atoms with van der Waals surface area (Å²) in [5, 5.41) is 16.4. The van der Waals surface area contributed by atoms with Crippen LogP contribution in [-0.4, -0.2) is 75.7 Å². The number of phenols is 1. The summed E-state index contributed by atoms with van der Waals surface area (Å²) in [5.74, 6) is -1.46. The van der Waals surface area contributed by atoms with Crippen molar-refractivity contribution >= 4 is 35.6 Å². The van der Waals surface area contributed by atoms with Crippen molar-refractivity contribution in [1.82, 2.24) is 15.5 Å². The first-order valence-corrected chi connectivity index (χ1v) is 16.6. The maximum Gasteiger partial charge on any atom is 0.408 e. The maximum atomic E-state index is 14.3. The molecule has 2 aromatic carbocycles. The number of aromatic hydroxyl groups is 1. The minimum atomic E-state index is -1.32. The normalized spacial score (nSPS) is 13.6. The molecule has 3 amide bonds. The highest BCUT2D eigenvalue weighted by Gasteiger charge is 2.39. The van der Waals surface area contributed by atoms with Crippen molar-refractivity contribution in [2.45, 2.75) is 97.1 Å². The average molecular weight is 644 g/mol. The number of thioether (sulfide) groups is 1. The number of phenolic OH excluding ortho intramolecular Hbond substituents is 1. The number of carbonyl (C=O) groups is 4. The van der Waals surface area contributed by atoms with E-state index >= 15 is 0 Å². The van der Waals surface area contributed by atoms with E-state index in [9.17, 15) is 24.3 Å². The van der Waals surface area contributed by atoms with Gasteiger partial charge in [-0.2, -0.15) is 11.8 Å². The Kier molecular flexibility index (Phi) is 14.2. The molecule has 0 heterocycles. The summed E-state index contributed by atoms with van der Waals surface area (Å²) in [6.45, 7) is 12.4. The van der Waals surface area contributed by atoms with Crippen LogP contribution < -0.4 is 10.6 Å². The Morgan fingerprint density at radius 1 is 0.867 bits per heavy atom. The van der Waals surface area contributed by atoms with Crippen LogP contribution in [0.25, 0.3) is 0 Å². The van der Waals surface area contributed by atoms with E-state index in [1.165, 1.54) is 22.7 Å². The molecular weight excluding hydrogens is 594 g/mol. The number of ether oxygens (including phenoxy) is 2. The zero-order valence-corrected chi connectivity index (χ0v) is 28.5. The van der Waals surface area contributed by atoms with Gasteiger partial charge in [0.1, 0.15) is 35.1 Å². The van der Waals surface area contributed by atoms with Crippen LogP contribution in [0.4, 0.5) is 4.79 Å². The number of benzene rings is 2. The van der Waals surface area contributed by atoms with Gasteiger partial charge in [-0.3, -0.25) is 9.59 Å². The lowest BCUT2D eigenvalue weighted by molar-refractivity contribution is -0.159. The summed E-state index contributed by atoms with van der Waals surface area (Å²) in [7, 11) is 0. The molecule has 0 aliphatic rings. The van der Waals surface area contributed by atoms with E-state index in [0.29, 0.717) is 12.2 Å². The minimum absolute atomic E-state index is 0.132. The van der Waals surface area contributed by atoms with Crippen molar-refractivity contribution in [3.05, 3.63) is 65.7 Å². The zero-order valence-electron chi connectivity index (χ0n) is 27.7. The second-order valence-corrected chi connectivity index (χ2v) is 13.7. The van der Waals surface area contributed by atoms with Gasteiger partial charge in [-0.25, -0.2) is 9.59 Å². The molecule has 0 fully saturated rings. The van der Waals surface area contributed by atoms with Gasteiger partial charge in [0.2, 0.25) is 11.8 Å². The molecule has 45 heavy (non-hydrogen) atoms. The van der Waals surface area contributed by atoms with E-state index in [1.54, 1.807) is 59.7 Å². The number of hydrogen-bond donors (Lipinski definition) is 3. The monoisotopic (exact) mass is 643 g/mol. The third-order valence-electron chi connectivity index (χ3n) is 6.43. The van der Waals surface area contributed by atoms with Crippen LogP contribution in [0.2, 0.25) is 0 Å². The minimum Gasteiger partial charge on any atom is -0.508 e. The molecule has 0 saturated heterocycles. The van der Waals surface area contributed by atoms with Gasteiger partial charge in [0.25, 0.3) is 0 Å². The Bertz CT molecular complexity index is 1270. The summed E-state index contributed by atoms with van der Waals surface area (Å²) < 4.78 is 11.1. The van der Waals surface area contributed by atoms with E-state index in [1.807, 2.05) is 43.5 Å². The molecule has 0 spiro atoms. The molecule has 10 nitrogen and oxygen atoms in total. The number of nitrogens with zero attached hydrogens (tertiary/aromatic N) is 1. The molecule has 2 aromatic rings. The molecule has 2 rings (SSSR count). The molecule has 11 heteroatoms. The molecule has 0 saturated carbocycles. The van der Waals surface area contributed by atoms with E-state index in [-0.39, 0.29) is 30.7 Å². The average Bonchev–Trinajstić information content (AvgIpc) is 2.94. The number of para-hydroxylation sites is 1. The summed E-state index contributed by atoms with van der Waals surface area (Å²) in [5.41, 5.74) is -0.613. The second-order valence-electron chi connectivity index (χ2n) is 12.8. The van der Waals surface area contributed by atoms with Crippen LogP contribution in [0, 0.1) is 0 Å². The third kappa shape index (κ3) is 12.7. The van der Waals surface area contributed by atoms with Crippen LogP contribution in [0.3, 0.4) is 0 Å². The quantitative estimate of drug-likeness (QED) is 0.234. The summed E-state index contributed by atoms with van der Waals surface area (Å²) in [6.07, 6.45) is 2.04. The number of nitrogens with one attached hydrogen (secondary N) is 2. The van der Waals surface area contributed by atoms with Crippen LogP contribution in [-0.2, 0) is 30.3 Å². The largest absolute Gasteiger partial charge is 0.508 e. The molecule has 0 bridgehead atoms. The van der Waals surface area contributed by atoms with Crippen molar-refractivity contribution in [2.24, 2.45) is 0 Å². The van der Waals surface area contributed by atoms with Crippen molar-refractivity contribution < 1.29 is 33.8 Å². The smallest absolute Gasteiger partial charge is 0.408 e. The van der Waals surface area contributed by atoms with Crippen LogP contribution in [0.5, 0.6) is 5.75 Å². The Balaban J connectivity index is 2.57. The number of rotatable bonds is 14. The van der Waals surface area contributed by atoms with Gasteiger partial charge >= 0.3 is 12.1 Å². The molecule has 0 aliphatic carbocycles. The SMILES string of the molecule is CCCN(C(=O)C(CCSC)NC(=O)OC(C)(C)C)C(C(=O)NC(Cc1ccccc1)C(=O)OC(C)(C)C)c1ccccc1O. The molecule has 0 aromatic heterocycles. The molecule has 248 valence electrons. The topological polar surface area (TPSA) is 134 Å². The summed E-state index contributed by atoms with van der Waals surface area (Å²) >= 11 is 1.51. The van der Waals surface area contributed by atoms with Crippen LogP contribution >= 0.6 is 11.8 Å². The fourth-order valence-corrected chi connectivity index (χ4v) is 5.06. The molecule has 3 N–H and O–H groups in total. The highest BCUT2D eigenvalue weighted by Crippen LogP contribution is 2.30. The fraction of sp³-hybridized carbons (Fsp3) is 0.529. The Labute approximate surface area is 271 Å². The van der Waals surface area contributed by atoms with Crippen molar-refractivity contribution in [2.75, 3.05) is 18.6 Å². The first kappa shape index (κ1) is 37.5. The molecule has 0 radical (unpaired) electrons. The number of carbonyl (C=O) groups excluding carboxylic acids is 4. The predicted molar refractivity (Wildman–Crippen MR) is 177 cm³/mol. The van der Waals surface area contributed by atoms with Gasteiger partial charge in [0, 0.05) is 18.5 Å². The maximum absolute atomic E-state index is 14.3. The van der Waals surface area contributed by atoms with Crippen molar-refractivity contribution in [3.8, 4) is 5.75 Å². The lowest BCUT2D eigenvalue weighted by Gasteiger charge is -2.35. The molecule has 3 unspecified atom stereocenters. The van der Waals surface area contributed by atoms with Gasteiger partial charge in [-0.05, 0) is 78.0 Å². The van der Waals surface area contributed by atoms with Crippen molar-refractivity contribution in [3.63, 3.8) is 0 Å². The van der Waals surface area contributed by atoms with Gasteiger partial charge < -0.3 is 30.1 Å². The molecule has 3 atom stereocenters. The molecule has 0 aliphatic heterocycles. The fourth-order valence-electron chi connectivity index (χ4n) is 4.59. The zero-order chi connectivity index (χ0) is 33.8. The second kappa shape index (κ2) is 17.1. The van der Waals surface area contributed by atoms with E-state index in [4.69, 9.17) is 9.47 Å². The lowest BCUT2D eigenvalue weighted by Crippen LogP contribution is -2.55. The summed E-state index contributed by atoms with van der Waals surface area (Å²) in [4.78, 5) is 56.1. The van der Waals surface area contributed by atoms with Gasteiger partial charge in [0.15, 0.2) is 0 Å². The van der Waals surface area contributed by atoms with Crippen molar-refractivity contribution in [1.29, 1.82) is 0 Å². The van der Waals surface area contributed by atoms with E-state index in [0.717, 1.165) is 5.56 Å². The number of amides is 3. The number of alkyl carbamates (subject to hydrolysis) is 1. The summed E-state index contributed by atoms with van der Waals surface area (Å²) in [6, 6.07) is 12.1. The number of esters is 1.